The minimum Gasteiger partial charge on any atom is -0.450 e. The van der Waals surface area contributed by atoms with E-state index >= 15 is 4.79 Å². The van der Waals surface area contributed by atoms with Crippen LogP contribution in [0.4, 0.5) is 15.2 Å². The number of nitrogens with zero attached hydrogens (tertiary/aromatic N) is 4. The van der Waals surface area contributed by atoms with Crippen LogP contribution in [0, 0.1) is 5.82 Å². The van der Waals surface area contributed by atoms with Gasteiger partial charge < -0.3 is 9.32 Å². The molecule has 4 heterocycles. The minimum absolute atomic E-state index is 0.0638. The van der Waals surface area contributed by atoms with Crippen molar-refractivity contribution in [3.8, 4) is 0 Å². The van der Waals surface area contributed by atoms with Crippen LogP contribution < -0.4 is 15.2 Å². The van der Waals surface area contributed by atoms with Gasteiger partial charge in [-0.1, -0.05) is 95.4 Å². The van der Waals surface area contributed by atoms with Gasteiger partial charge in [-0.3, -0.25) is 19.3 Å². The number of carbonyl (C=O) groups is 2. The summed E-state index contributed by atoms with van der Waals surface area (Å²) in [7, 11) is 0. The van der Waals surface area contributed by atoms with Crippen molar-refractivity contribution in [1.29, 1.82) is 0 Å². The Morgan fingerprint density at radius 2 is 1.65 bits per heavy atom. The summed E-state index contributed by atoms with van der Waals surface area (Å²) in [5.41, 5.74) is 0.211. The van der Waals surface area contributed by atoms with Gasteiger partial charge in [-0.05, 0) is 47.5 Å². The van der Waals surface area contributed by atoms with Crippen LogP contribution >= 0.6 is 34.7 Å². The molecule has 8 rings (SSSR count). The molecule has 0 bridgehead atoms. The van der Waals surface area contributed by atoms with Crippen LogP contribution in [0.25, 0.3) is 11.0 Å². The van der Waals surface area contributed by atoms with Crippen LogP contribution in [0.3, 0.4) is 0 Å². The van der Waals surface area contributed by atoms with Gasteiger partial charge in [0.05, 0.1) is 23.2 Å². The number of aromatic nitrogens is 2. The molecule has 226 valence electrons. The lowest BCUT2D eigenvalue weighted by molar-refractivity contribution is -0.121. The smallest absolute Gasteiger partial charge is 0.297 e. The van der Waals surface area contributed by atoms with Crippen molar-refractivity contribution in [1.82, 2.24) is 10.2 Å². The Labute approximate surface area is 274 Å². The molecule has 2 aromatic heterocycles. The van der Waals surface area contributed by atoms with Crippen LogP contribution in [0.5, 0.6) is 0 Å². The summed E-state index contributed by atoms with van der Waals surface area (Å²) >= 11 is 8.87. The summed E-state index contributed by atoms with van der Waals surface area (Å²) in [5, 5.41) is 9.30. The van der Waals surface area contributed by atoms with E-state index in [1.165, 1.54) is 45.8 Å². The predicted octanol–water partition coefficient (Wildman–Crippen LogP) is 7.18. The van der Waals surface area contributed by atoms with Gasteiger partial charge in [-0.2, -0.15) is 0 Å². The van der Waals surface area contributed by atoms with Gasteiger partial charge in [0.2, 0.25) is 10.9 Å². The Bertz CT molecular complexity index is 2260. The molecule has 12 heteroatoms. The zero-order valence-electron chi connectivity index (χ0n) is 23.6. The molecule has 0 saturated carbocycles. The Kier molecular flexibility index (Phi) is 6.78. The predicted molar refractivity (Wildman–Crippen MR) is 175 cm³/mol. The fourth-order valence-corrected chi connectivity index (χ4v) is 8.16. The Balaban J connectivity index is 1.33. The third-order valence-electron chi connectivity index (χ3n) is 8.13. The molecule has 0 saturated heterocycles. The molecule has 46 heavy (non-hydrogen) atoms. The van der Waals surface area contributed by atoms with Crippen molar-refractivity contribution < 1.29 is 18.4 Å². The van der Waals surface area contributed by atoms with E-state index in [0.717, 1.165) is 16.9 Å². The first kappa shape index (κ1) is 28.6. The van der Waals surface area contributed by atoms with Crippen molar-refractivity contribution in [2.75, 3.05) is 9.80 Å². The molecule has 2 amide bonds. The number of hydrogen-bond acceptors (Lipinski definition) is 8. The number of fused-ring (bicyclic) bond motifs is 5. The summed E-state index contributed by atoms with van der Waals surface area (Å²) in [6, 6.07) is 27.2. The van der Waals surface area contributed by atoms with Gasteiger partial charge in [0.1, 0.15) is 11.4 Å². The number of anilines is 2. The molecular formula is C34H20ClFN4O4S2. The molecule has 4 aromatic carbocycles. The maximum atomic E-state index is 15.0. The zero-order chi connectivity index (χ0) is 31.6. The summed E-state index contributed by atoms with van der Waals surface area (Å²) in [4.78, 5) is 46.7. The number of benzene rings is 4. The first-order valence-corrected chi connectivity index (χ1v) is 16.3. The van der Waals surface area contributed by atoms with Crippen molar-refractivity contribution in [2.24, 2.45) is 0 Å². The minimum atomic E-state index is -1.94. The van der Waals surface area contributed by atoms with Crippen molar-refractivity contribution in [3.05, 3.63) is 146 Å². The van der Waals surface area contributed by atoms with E-state index in [2.05, 4.69) is 10.2 Å². The van der Waals surface area contributed by atoms with E-state index in [1.54, 1.807) is 42.5 Å². The summed E-state index contributed by atoms with van der Waals surface area (Å²) < 4.78 is 20.5. The normalized spacial score (nSPS) is 16.9. The number of hydrogen-bond donors (Lipinski definition) is 0. The number of para-hydroxylation sites is 1. The maximum absolute atomic E-state index is 15.0. The molecular weight excluding hydrogens is 647 g/mol. The van der Waals surface area contributed by atoms with Gasteiger partial charge in [0.15, 0.2) is 15.3 Å². The molecule has 1 spiro atoms. The van der Waals surface area contributed by atoms with Gasteiger partial charge in [0, 0.05) is 16.3 Å². The second kappa shape index (κ2) is 10.9. The highest BCUT2D eigenvalue weighted by Gasteiger charge is 2.66. The van der Waals surface area contributed by atoms with E-state index in [4.69, 9.17) is 16.0 Å². The lowest BCUT2D eigenvalue weighted by Crippen LogP contribution is -2.53. The SMILES string of the molecule is O=C1c2oc3ccc(Cl)cc3c(=O)c2C2(C(=O)N(Cc3ccc(F)cc3)c3ccccc32)N1c1nnc(SCc2ccccc2)s1. The first-order chi connectivity index (χ1) is 22.4. The molecule has 2 aliphatic rings. The number of thioether (sulfide) groups is 1. The van der Waals surface area contributed by atoms with E-state index in [1.807, 2.05) is 30.3 Å². The van der Waals surface area contributed by atoms with Crippen molar-refractivity contribution >= 4 is 68.3 Å². The van der Waals surface area contributed by atoms with Gasteiger partial charge in [-0.25, -0.2) is 4.39 Å². The van der Waals surface area contributed by atoms with Gasteiger partial charge in [0.25, 0.3) is 11.8 Å². The molecule has 6 aromatic rings. The number of rotatable bonds is 6. The first-order valence-electron chi connectivity index (χ1n) is 14.1. The fourth-order valence-electron chi connectivity index (χ4n) is 6.14. The molecule has 1 atom stereocenters. The highest BCUT2D eigenvalue weighted by atomic mass is 35.5. The second-order valence-corrected chi connectivity index (χ2v) is 13.4. The summed E-state index contributed by atoms with van der Waals surface area (Å²) in [6.45, 7) is 0.0638. The highest BCUT2D eigenvalue weighted by Crippen LogP contribution is 2.55. The van der Waals surface area contributed by atoms with Gasteiger partial charge in [-0.15, -0.1) is 10.2 Å². The Morgan fingerprint density at radius 1 is 0.891 bits per heavy atom. The van der Waals surface area contributed by atoms with Crippen LogP contribution in [0.15, 0.2) is 111 Å². The Hall–Kier alpha value is -4.84. The third-order valence-corrected chi connectivity index (χ3v) is 10.5. The second-order valence-electron chi connectivity index (χ2n) is 10.8. The molecule has 2 aliphatic heterocycles. The van der Waals surface area contributed by atoms with Crippen molar-refractivity contribution in [3.63, 3.8) is 0 Å². The number of halogens is 2. The molecule has 0 radical (unpaired) electrons. The monoisotopic (exact) mass is 666 g/mol. The third kappa shape index (κ3) is 4.30. The van der Waals surface area contributed by atoms with E-state index in [9.17, 15) is 14.0 Å². The standard InChI is InChI=1S/C34H20ClFN4O4S2/c35-21-12-15-26-23(16-21)28(41)27-29(44-26)30(42)40(32-37-38-33(46-32)45-18-20-6-2-1-3-7-20)34(27)24-8-4-5-9-25(24)39(31(34)43)17-19-10-13-22(36)14-11-19/h1-16H,17-18H2. The highest BCUT2D eigenvalue weighted by molar-refractivity contribution is 8.00. The molecule has 0 fully saturated rings. The van der Waals surface area contributed by atoms with Crippen LogP contribution in [-0.4, -0.2) is 22.0 Å². The molecule has 0 aliphatic carbocycles. The van der Waals surface area contributed by atoms with Gasteiger partial charge >= 0.3 is 0 Å². The average molecular weight is 667 g/mol. The lowest BCUT2D eigenvalue weighted by atomic mass is 9.84. The maximum Gasteiger partial charge on any atom is 0.297 e. The van der Waals surface area contributed by atoms with Crippen molar-refractivity contribution in [2.45, 2.75) is 22.2 Å². The Morgan fingerprint density at radius 3 is 2.46 bits per heavy atom. The lowest BCUT2D eigenvalue weighted by Gasteiger charge is -2.32. The van der Waals surface area contributed by atoms with Crippen LogP contribution in [-0.2, 0) is 22.6 Å². The average Bonchev–Trinajstić information content (AvgIpc) is 3.71. The summed E-state index contributed by atoms with van der Waals surface area (Å²) in [6.07, 6.45) is 0. The molecule has 0 N–H and O–H groups in total. The van der Waals surface area contributed by atoms with Crippen LogP contribution in [0.1, 0.15) is 32.8 Å². The number of amides is 2. The van der Waals surface area contributed by atoms with E-state index in [0.29, 0.717) is 31.9 Å². The topological polar surface area (TPSA) is 96.6 Å². The number of carbonyl (C=O) groups excluding carboxylic acids is 2. The quantitative estimate of drug-likeness (QED) is 0.137. The fraction of sp³-hybridized carbons (Fsp3) is 0.0882. The van der Waals surface area contributed by atoms with Crippen LogP contribution in [0.2, 0.25) is 5.02 Å². The van der Waals surface area contributed by atoms with E-state index < -0.39 is 28.6 Å². The molecule has 8 nitrogen and oxygen atoms in total. The molecule has 1 unspecified atom stereocenters. The zero-order valence-corrected chi connectivity index (χ0v) is 26.0. The largest absolute Gasteiger partial charge is 0.450 e. The summed E-state index contributed by atoms with van der Waals surface area (Å²) in [5.74, 6) is -1.27. The van der Waals surface area contributed by atoms with E-state index in [-0.39, 0.29) is 34.0 Å².